The number of esters is 1. The number of aldehydes is 1. The lowest BCUT2D eigenvalue weighted by Gasteiger charge is -2.17. The molecular weight excluding hydrogens is 284 g/mol. The van der Waals surface area contributed by atoms with Crippen LogP contribution in [0.2, 0.25) is 0 Å². The lowest BCUT2D eigenvalue weighted by Crippen LogP contribution is -2.23. The zero-order chi connectivity index (χ0) is 15.1. The molecule has 8 heteroatoms. The van der Waals surface area contributed by atoms with Gasteiger partial charge in [0.25, 0.3) is 5.69 Å². The third kappa shape index (κ3) is 3.55. The molecule has 0 bridgehead atoms. The summed E-state index contributed by atoms with van der Waals surface area (Å²) in [6.07, 6.45) is 0.405. The van der Waals surface area contributed by atoms with Gasteiger partial charge < -0.3 is 9.53 Å². The van der Waals surface area contributed by atoms with Gasteiger partial charge in [-0.1, -0.05) is 12.1 Å². The first kappa shape index (κ1) is 15.7. The number of carbonyl (C=O) groups excluding carboxylic acids is 2. The number of nitrogens with zero attached hydrogens (tertiary/aromatic N) is 2. The monoisotopic (exact) mass is 294 g/mol. The van der Waals surface area contributed by atoms with E-state index in [1.807, 2.05) is 5.40 Å². The maximum Gasteiger partial charge on any atom is 0.317 e. The molecule has 7 nitrogen and oxygen atoms in total. The number of thiocyanates is 1. The molecule has 1 rings (SSSR count). The Bertz CT molecular complexity index is 552. The van der Waals surface area contributed by atoms with Crippen LogP contribution in [0.25, 0.3) is 0 Å². The zero-order valence-electron chi connectivity index (χ0n) is 10.4. The highest BCUT2D eigenvalue weighted by molar-refractivity contribution is 8.04. The third-order valence-electron chi connectivity index (χ3n) is 2.56. The fourth-order valence-corrected chi connectivity index (χ4v) is 2.31. The number of rotatable bonds is 6. The first-order valence-electron chi connectivity index (χ1n) is 5.37. The Labute approximate surface area is 118 Å². The predicted octanol–water partition coefficient (Wildman–Crippen LogP) is 1.84. The van der Waals surface area contributed by atoms with E-state index < -0.39 is 22.1 Å². The van der Waals surface area contributed by atoms with E-state index in [-0.39, 0.29) is 5.69 Å². The summed E-state index contributed by atoms with van der Waals surface area (Å²) in [5, 5.41) is 20.4. The molecule has 0 saturated carbocycles. The van der Waals surface area contributed by atoms with Crippen LogP contribution in [-0.2, 0) is 14.3 Å². The van der Waals surface area contributed by atoms with Gasteiger partial charge in [0.1, 0.15) is 17.6 Å². The molecule has 0 spiro atoms. The van der Waals surface area contributed by atoms with Crippen LogP contribution in [0.15, 0.2) is 24.3 Å². The van der Waals surface area contributed by atoms with Crippen LogP contribution in [0.5, 0.6) is 0 Å². The van der Waals surface area contributed by atoms with E-state index in [1.165, 1.54) is 24.3 Å². The van der Waals surface area contributed by atoms with Gasteiger partial charge in [0.15, 0.2) is 0 Å². The number of nitriles is 1. The van der Waals surface area contributed by atoms with Gasteiger partial charge in [-0.3, -0.25) is 14.9 Å². The summed E-state index contributed by atoms with van der Waals surface area (Å²) in [4.78, 5) is 32.6. The Kier molecular flexibility index (Phi) is 5.68. The Hall–Kier alpha value is -2.40. The Morgan fingerprint density at radius 3 is 2.50 bits per heavy atom. The van der Waals surface area contributed by atoms with Crippen LogP contribution in [0.1, 0.15) is 10.8 Å². The van der Waals surface area contributed by atoms with Crippen molar-refractivity contribution in [3.63, 3.8) is 0 Å². The second-order valence-corrected chi connectivity index (χ2v) is 4.59. The molecule has 0 heterocycles. The minimum absolute atomic E-state index is 0.116. The van der Waals surface area contributed by atoms with Crippen LogP contribution >= 0.6 is 11.8 Å². The lowest BCUT2D eigenvalue weighted by molar-refractivity contribution is -0.384. The Morgan fingerprint density at radius 1 is 1.50 bits per heavy atom. The molecular formula is C12H10N2O5S. The molecule has 104 valence electrons. The molecule has 0 aliphatic heterocycles. The van der Waals surface area contributed by atoms with Crippen molar-refractivity contribution in [2.24, 2.45) is 5.92 Å². The molecule has 0 aliphatic carbocycles. The molecule has 20 heavy (non-hydrogen) atoms. The topological polar surface area (TPSA) is 110 Å². The molecule has 0 fully saturated rings. The maximum absolute atomic E-state index is 11.5. The highest BCUT2D eigenvalue weighted by Gasteiger charge is 2.31. The minimum Gasteiger partial charge on any atom is -0.468 e. The van der Waals surface area contributed by atoms with Crippen LogP contribution in [0.4, 0.5) is 5.69 Å². The minimum atomic E-state index is -1.15. The van der Waals surface area contributed by atoms with Crippen molar-refractivity contribution in [3.05, 3.63) is 39.9 Å². The molecule has 0 saturated heterocycles. The number of methoxy groups -OCH3 is 1. The van der Waals surface area contributed by atoms with Gasteiger partial charge in [0.2, 0.25) is 0 Å². The SMILES string of the molecule is COC(=O)[C@@H](C=O)[C@H](SC#N)c1ccc([N+](=O)[O-])cc1. The molecule has 0 unspecified atom stereocenters. The Morgan fingerprint density at radius 2 is 2.10 bits per heavy atom. The Balaban J connectivity index is 3.12. The van der Waals surface area contributed by atoms with Gasteiger partial charge in [-0.2, -0.15) is 5.26 Å². The summed E-state index contributed by atoms with van der Waals surface area (Å²) in [5.74, 6) is -1.91. The second kappa shape index (κ2) is 7.25. The lowest BCUT2D eigenvalue weighted by atomic mass is 10.00. The fraction of sp³-hybridized carbons (Fsp3) is 0.250. The summed E-state index contributed by atoms with van der Waals surface area (Å²) in [6.45, 7) is 0. The zero-order valence-corrected chi connectivity index (χ0v) is 11.2. The normalized spacial score (nSPS) is 12.8. The van der Waals surface area contributed by atoms with Crippen molar-refractivity contribution >= 4 is 29.7 Å². The largest absolute Gasteiger partial charge is 0.468 e. The van der Waals surface area contributed by atoms with Gasteiger partial charge in [-0.25, -0.2) is 0 Å². The van der Waals surface area contributed by atoms with Crippen molar-refractivity contribution in [2.45, 2.75) is 5.25 Å². The molecule has 2 atom stereocenters. The number of hydrogen-bond acceptors (Lipinski definition) is 7. The molecule has 0 amide bonds. The third-order valence-corrected chi connectivity index (χ3v) is 3.48. The maximum atomic E-state index is 11.5. The average molecular weight is 294 g/mol. The van der Waals surface area contributed by atoms with Crippen LogP contribution in [-0.4, -0.2) is 24.3 Å². The number of nitro groups is 1. The first-order chi connectivity index (χ1) is 9.54. The van der Waals surface area contributed by atoms with E-state index in [9.17, 15) is 19.7 Å². The van der Waals surface area contributed by atoms with Gasteiger partial charge in [0, 0.05) is 12.1 Å². The molecule has 1 aromatic carbocycles. The number of nitro benzene ring substituents is 1. The number of benzene rings is 1. The van der Waals surface area contributed by atoms with Gasteiger partial charge >= 0.3 is 5.97 Å². The summed E-state index contributed by atoms with van der Waals surface area (Å²) in [5.41, 5.74) is 0.347. The highest BCUT2D eigenvalue weighted by atomic mass is 32.2. The van der Waals surface area contributed by atoms with Crippen LogP contribution in [0.3, 0.4) is 0 Å². The molecule has 1 aromatic rings. The van der Waals surface area contributed by atoms with Crippen molar-refractivity contribution < 1.29 is 19.2 Å². The molecule has 0 radical (unpaired) electrons. The summed E-state index contributed by atoms with van der Waals surface area (Å²) < 4.78 is 4.51. The molecule has 0 N–H and O–H groups in total. The number of hydrogen-bond donors (Lipinski definition) is 0. The summed E-state index contributed by atoms with van der Waals surface area (Å²) in [7, 11) is 1.14. The van der Waals surface area contributed by atoms with Crippen molar-refractivity contribution in [1.29, 1.82) is 5.26 Å². The van der Waals surface area contributed by atoms with Crippen LogP contribution in [0, 0.1) is 26.7 Å². The van der Waals surface area contributed by atoms with Gasteiger partial charge in [0.05, 0.1) is 17.3 Å². The number of ether oxygens (including phenoxy) is 1. The number of thioether (sulfide) groups is 1. The van der Waals surface area contributed by atoms with E-state index in [0.717, 1.165) is 18.9 Å². The van der Waals surface area contributed by atoms with Gasteiger partial charge in [-0.15, -0.1) is 0 Å². The van der Waals surface area contributed by atoms with E-state index in [2.05, 4.69) is 4.74 Å². The number of non-ortho nitro benzene ring substituents is 1. The smallest absolute Gasteiger partial charge is 0.317 e. The molecule has 0 aliphatic rings. The van der Waals surface area contributed by atoms with Gasteiger partial charge in [-0.05, 0) is 17.3 Å². The fourth-order valence-electron chi connectivity index (χ4n) is 1.58. The first-order valence-corrected chi connectivity index (χ1v) is 6.25. The summed E-state index contributed by atoms with van der Waals surface area (Å²) >= 11 is 0.724. The van der Waals surface area contributed by atoms with Crippen molar-refractivity contribution in [3.8, 4) is 5.40 Å². The molecule has 0 aromatic heterocycles. The van der Waals surface area contributed by atoms with E-state index in [0.29, 0.717) is 11.8 Å². The number of carbonyl (C=O) groups is 2. The second-order valence-electron chi connectivity index (χ2n) is 3.66. The van der Waals surface area contributed by atoms with E-state index in [4.69, 9.17) is 5.26 Å². The summed E-state index contributed by atoms with van der Waals surface area (Å²) in [6, 6.07) is 5.32. The standard InChI is InChI=1S/C12H10N2O5S/c1-19-12(16)10(6-15)11(20-7-13)8-2-4-9(5-3-8)14(17)18/h2-6,10-11H,1H3/t10-,11+/m0/s1. The quantitative estimate of drug-likeness (QED) is 0.196. The van der Waals surface area contributed by atoms with Crippen molar-refractivity contribution in [2.75, 3.05) is 7.11 Å². The predicted molar refractivity (Wildman–Crippen MR) is 70.6 cm³/mol. The highest BCUT2D eigenvalue weighted by Crippen LogP contribution is 2.35. The average Bonchev–Trinajstić information content (AvgIpc) is 2.46. The van der Waals surface area contributed by atoms with Crippen molar-refractivity contribution in [1.82, 2.24) is 0 Å². The van der Waals surface area contributed by atoms with E-state index >= 15 is 0 Å². The van der Waals surface area contributed by atoms with E-state index in [1.54, 1.807) is 0 Å². The van der Waals surface area contributed by atoms with Crippen LogP contribution < -0.4 is 0 Å².